The van der Waals surface area contributed by atoms with E-state index in [1.807, 2.05) is 0 Å². The van der Waals surface area contributed by atoms with Crippen molar-refractivity contribution in [2.75, 3.05) is 0 Å². The number of halogens is 3. The maximum atomic E-state index is 14.1. The first kappa shape index (κ1) is 17.8. The minimum absolute atomic E-state index is 0.0397. The lowest BCUT2D eigenvalue weighted by Gasteiger charge is -2.14. The molecule has 0 saturated carbocycles. The first-order valence-corrected chi connectivity index (χ1v) is 8.69. The van der Waals surface area contributed by atoms with Crippen molar-refractivity contribution < 1.29 is 26.3 Å². The molecule has 0 fully saturated rings. The fraction of sp³-hybridized carbons (Fsp3) is 0.176. The number of hydrogen-bond acceptors (Lipinski definition) is 5. The van der Waals surface area contributed by atoms with Gasteiger partial charge in [0.1, 0.15) is 23.4 Å². The Bertz CT molecular complexity index is 1120. The summed E-state index contributed by atoms with van der Waals surface area (Å²) in [6.07, 6.45) is 0. The van der Waals surface area contributed by atoms with E-state index >= 15 is 0 Å². The van der Waals surface area contributed by atoms with Gasteiger partial charge in [0.2, 0.25) is 9.84 Å². The molecule has 132 valence electrons. The topological polar surface area (TPSA) is 90.9 Å². The van der Waals surface area contributed by atoms with Crippen LogP contribution in [0.15, 0.2) is 35.2 Å². The molecule has 0 bridgehead atoms. The Kier molecular flexibility index (Phi) is 3.93. The van der Waals surface area contributed by atoms with Crippen molar-refractivity contribution in [1.82, 2.24) is 0 Å². The molecule has 5 nitrogen and oxygen atoms in total. The van der Waals surface area contributed by atoms with E-state index < -0.39 is 31.7 Å². The summed E-state index contributed by atoms with van der Waals surface area (Å²) < 4.78 is 71.1. The number of fused-ring (bicyclic) bond motifs is 1. The summed E-state index contributed by atoms with van der Waals surface area (Å²) in [6, 6.07) is 8.52. The lowest BCUT2D eigenvalue weighted by Crippen LogP contribution is -2.27. The number of nitriles is 2. The first-order valence-electron chi connectivity index (χ1n) is 7.21. The van der Waals surface area contributed by atoms with Gasteiger partial charge in [-0.25, -0.2) is 12.8 Å². The summed E-state index contributed by atoms with van der Waals surface area (Å²) in [4.78, 5) is -0.629. The Morgan fingerprint density at radius 1 is 1.15 bits per heavy atom. The van der Waals surface area contributed by atoms with Gasteiger partial charge in [-0.3, -0.25) is 0 Å². The molecular weight excluding hydrogens is 369 g/mol. The highest BCUT2D eigenvalue weighted by Gasteiger charge is 2.59. The second kappa shape index (κ2) is 5.75. The lowest BCUT2D eigenvalue weighted by atomic mass is 9.96. The van der Waals surface area contributed by atoms with E-state index in [9.17, 15) is 26.9 Å². The van der Waals surface area contributed by atoms with Crippen LogP contribution >= 0.6 is 0 Å². The van der Waals surface area contributed by atoms with Crippen LogP contribution in [-0.4, -0.2) is 13.7 Å². The summed E-state index contributed by atoms with van der Waals surface area (Å²) in [5.74, 6) is -2.84. The van der Waals surface area contributed by atoms with E-state index in [0.717, 1.165) is 31.2 Å². The second-order valence-electron chi connectivity index (χ2n) is 5.64. The van der Waals surface area contributed by atoms with E-state index in [0.29, 0.717) is 0 Å². The van der Waals surface area contributed by atoms with Gasteiger partial charge in [-0.05, 0) is 24.3 Å². The monoisotopic (exact) mass is 378 g/mol. The molecule has 2 aromatic carbocycles. The predicted molar refractivity (Wildman–Crippen MR) is 82.9 cm³/mol. The van der Waals surface area contributed by atoms with E-state index in [-0.39, 0.29) is 28.2 Å². The van der Waals surface area contributed by atoms with E-state index in [2.05, 4.69) is 0 Å². The Morgan fingerprint density at radius 3 is 2.46 bits per heavy atom. The van der Waals surface area contributed by atoms with Crippen LogP contribution in [0, 0.1) is 28.5 Å². The molecular formula is C17H9F3N2O3S. The molecule has 0 spiro atoms. The average molecular weight is 378 g/mol. The van der Waals surface area contributed by atoms with Crippen molar-refractivity contribution in [3.05, 3.63) is 52.8 Å². The zero-order valence-corrected chi connectivity index (χ0v) is 13.9. The number of sulfone groups is 1. The third-order valence-electron chi connectivity index (χ3n) is 4.09. The maximum Gasteiger partial charge on any atom is 0.356 e. The van der Waals surface area contributed by atoms with Crippen molar-refractivity contribution in [3.8, 4) is 23.6 Å². The molecule has 1 atom stereocenters. The van der Waals surface area contributed by atoms with Crippen LogP contribution in [-0.2, 0) is 9.84 Å². The van der Waals surface area contributed by atoms with E-state index in [4.69, 9.17) is 10.00 Å². The second-order valence-corrected chi connectivity index (χ2v) is 7.63. The van der Waals surface area contributed by atoms with Gasteiger partial charge in [-0.1, -0.05) is 6.92 Å². The molecule has 1 aliphatic rings. The highest BCUT2D eigenvalue weighted by Crippen LogP contribution is 2.52. The van der Waals surface area contributed by atoms with E-state index in [1.54, 1.807) is 12.1 Å². The van der Waals surface area contributed by atoms with Crippen LogP contribution in [0.4, 0.5) is 13.2 Å². The standard InChI is InChI=1S/C17H9F3N2O3S/c1-9-16-13(8-22)14(2-3-15(16)26(23,24)17(9,19)20)25-12-5-10(7-21)4-11(18)6-12/h2-6,9H,1H3/t9-/m1/s1. The minimum atomic E-state index is -4.92. The number of ether oxygens (including phenoxy) is 1. The molecule has 0 amide bonds. The Labute approximate surface area is 146 Å². The number of alkyl halides is 2. The highest BCUT2D eigenvalue weighted by molar-refractivity contribution is 7.92. The smallest absolute Gasteiger partial charge is 0.356 e. The molecule has 3 rings (SSSR count). The molecule has 0 saturated heterocycles. The van der Waals surface area contributed by atoms with Gasteiger partial charge in [0.15, 0.2) is 0 Å². The molecule has 26 heavy (non-hydrogen) atoms. The SMILES string of the molecule is C[C@@H]1c2c(ccc(Oc3cc(F)cc(C#N)c3)c2C#N)S(=O)(=O)C1(F)F. The third-order valence-corrected chi connectivity index (χ3v) is 6.10. The molecule has 0 aliphatic carbocycles. The minimum Gasteiger partial charge on any atom is -0.456 e. The average Bonchev–Trinajstić information content (AvgIpc) is 2.72. The number of benzene rings is 2. The zero-order valence-electron chi connectivity index (χ0n) is 13.1. The van der Waals surface area contributed by atoms with Crippen LogP contribution < -0.4 is 4.74 Å². The van der Waals surface area contributed by atoms with Gasteiger partial charge in [0, 0.05) is 11.6 Å². The normalized spacial score (nSPS) is 19.2. The molecule has 0 unspecified atom stereocenters. The Morgan fingerprint density at radius 2 is 1.85 bits per heavy atom. The predicted octanol–water partition coefficient (Wildman–Crippen LogP) is 3.84. The number of nitrogens with zero attached hydrogens (tertiary/aromatic N) is 2. The van der Waals surface area contributed by atoms with Crippen molar-refractivity contribution in [2.45, 2.75) is 23.0 Å². The lowest BCUT2D eigenvalue weighted by molar-refractivity contribution is 0.0725. The van der Waals surface area contributed by atoms with Crippen molar-refractivity contribution >= 4 is 9.84 Å². The summed E-state index contributed by atoms with van der Waals surface area (Å²) in [5, 5.41) is 14.2. The van der Waals surface area contributed by atoms with Crippen LogP contribution in [0.2, 0.25) is 0 Å². The van der Waals surface area contributed by atoms with Gasteiger partial charge < -0.3 is 4.74 Å². The largest absolute Gasteiger partial charge is 0.456 e. The van der Waals surface area contributed by atoms with Crippen LogP contribution in [0.25, 0.3) is 0 Å². The van der Waals surface area contributed by atoms with Crippen molar-refractivity contribution in [2.24, 2.45) is 0 Å². The molecule has 1 heterocycles. The summed E-state index contributed by atoms with van der Waals surface area (Å²) in [7, 11) is -4.92. The third kappa shape index (κ3) is 2.40. The fourth-order valence-electron chi connectivity index (χ4n) is 2.81. The Hall–Kier alpha value is -3.04. The number of rotatable bonds is 2. The molecule has 0 aromatic heterocycles. The molecule has 2 aromatic rings. The van der Waals surface area contributed by atoms with Crippen molar-refractivity contribution in [1.29, 1.82) is 10.5 Å². The number of hydrogen-bond donors (Lipinski definition) is 0. The van der Waals surface area contributed by atoms with Gasteiger partial charge >= 0.3 is 5.25 Å². The summed E-state index contributed by atoms with van der Waals surface area (Å²) in [6.45, 7) is 1.00. The highest BCUT2D eigenvalue weighted by atomic mass is 32.2. The fourth-order valence-corrected chi connectivity index (χ4v) is 4.50. The molecule has 9 heteroatoms. The zero-order chi connectivity index (χ0) is 19.3. The molecule has 0 N–H and O–H groups in total. The maximum absolute atomic E-state index is 14.1. The van der Waals surface area contributed by atoms with Crippen LogP contribution in [0.1, 0.15) is 29.5 Å². The van der Waals surface area contributed by atoms with Gasteiger partial charge in [-0.15, -0.1) is 0 Å². The van der Waals surface area contributed by atoms with Crippen LogP contribution in [0.5, 0.6) is 11.5 Å². The van der Waals surface area contributed by atoms with Crippen LogP contribution in [0.3, 0.4) is 0 Å². The van der Waals surface area contributed by atoms with Gasteiger partial charge in [-0.2, -0.15) is 19.3 Å². The molecule has 0 radical (unpaired) electrons. The summed E-state index contributed by atoms with van der Waals surface area (Å²) in [5.41, 5.74) is -0.757. The Balaban J connectivity index is 2.17. The van der Waals surface area contributed by atoms with Gasteiger partial charge in [0.25, 0.3) is 0 Å². The van der Waals surface area contributed by atoms with E-state index in [1.165, 1.54) is 6.07 Å². The summed E-state index contributed by atoms with van der Waals surface area (Å²) >= 11 is 0. The first-order chi connectivity index (χ1) is 12.1. The van der Waals surface area contributed by atoms with Gasteiger partial charge in [0.05, 0.1) is 28.0 Å². The van der Waals surface area contributed by atoms with Crippen molar-refractivity contribution in [3.63, 3.8) is 0 Å². The quantitative estimate of drug-likeness (QED) is 0.792. The molecule has 1 aliphatic heterocycles.